The SMILES string of the molecule is Cc1ccc2nc(SC(C)CC(=O)NN)[nH]c2c1. The summed E-state index contributed by atoms with van der Waals surface area (Å²) >= 11 is 1.54. The first kappa shape index (κ1) is 12.9. The number of rotatable bonds is 4. The minimum absolute atomic E-state index is 0.121. The number of aromatic nitrogens is 2. The Morgan fingerprint density at radius 2 is 2.39 bits per heavy atom. The number of hydrogen-bond acceptors (Lipinski definition) is 4. The Balaban J connectivity index is 2.09. The molecule has 0 fully saturated rings. The summed E-state index contributed by atoms with van der Waals surface area (Å²) in [5, 5.41) is 0.947. The first-order valence-electron chi connectivity index (χ1n) is 5.71. The van der Waals surface area contributed by atoms with E-state index in [0.717, 1.165) is 16.2 Å². The number of thioether (sulfide) groups is 1. The van der Waals surface area contributed by atoms with Crippen LogP contribution in [0.4, 0.5) is 0 Å². The number of aryl methyl sites for hydroxylation is 1. The van der Waals surface area contributed by atoms with E-state index < -0.39 is 0 Å². The number of nitrogens with one attached hydrogen (secondary N) is 2. The number of amides is 1. The van der Waals surface area contributed by atoms with Crippen molar-refractivity contribution in [1.29, 1.82) is 0 Å². The lowest BCUT2D eigenvalue weighted by Crippen LogP contribution is -2.31. The van der Waals surface area contributed by atoms with Crippen molar-refractivity contribution in [2.24, 2.45) is 5.84 Å². The van der Waals surface area contributed by atoms with Gasteiger partial charge in [0.15, 0.2) is 5.16 Å². The largest absolute Gasteiger partial charge is 0.333 e. The second-order valence-electron chi connectivity index (χ2n) is 4.26. The molecule has 1 heterocycles. The molecule has 1 unspecified atom stereocenters. The van der Waals surface area contributed by atoms with Crippen LogP contribution in [0.5, 0.6) is 0 Å². The highest BCUT2D eigenvalue weighted by molar-refractivity contribution is 7.99. The third-order valence-electron chi connectivity index (χ3n) is 2.56. The Kier molecular flexibility index (Phi) is 3.88. The molecular weight excluding hydrogens is 248 g/mol. The number of aromatic amines is 1. The summed E-state index contributed by atoms with van der Waals surface area (Å²) in [7, 11) is 0. The van der Waals surface area contributed by atoms with Gasteiger partial charge >= 0.3 is 0 Å². The Bertz CT molecular complexity index is 566. The minimum Gasteiger partial charge on any atom is -0.333 e. The Morgan fingerprint density at radius 3 is 3.11 bits per heavy atom. The molecule has 1 atom stereocenters. The fourth-order valence-electron chi connectivity index (χ4n) is 1.71. The minimum atomic E-state index is -0.165. The molecule has 96 valence electrons. The number of carbonyl (C=O) groups is 1. The molecule has 1 aromatic heterocycles. The molecule has 0 aliphatic heterocycles. The molecule has 1 aromatic carbocycles. The van der Waals surface area contributed by atoms with E-state index in [1.807, 2.05) is 26.0 Å². The van der Waals surface area contributed by atoms with Crippen LogP contribution < -0.4 is 11.3 Å². The summed E-state index contributed by atoms with van der Waals surface area (Å²) in [6.07, 6.45) is 0.372. The first-order chi connectivity index (χ1) is 8.58. The van der Waals surface area contributed by atoms with Crippen LogP contribution in [0.2, 0.25) is 0 Å². The van der Waals surface area contributed by atoms with Crippen molar-refractivity contribution in [2.75, 3.05) is 0 Å². The monoisotopic (exact) mass is 264 g/mol. The molecule has 6 heteroatoms. The van der Waals surface area contributed by atoms with Gasteiger partial charge in [0.2, 0.25) is 5.91 Å². The van der Waals surface area contributed by atoms with Gasteiger partial charge in [-0.15, -0.1) is 0 Å². The zero-order valence-electron chi connectivity index (χ0n) is 10.4. The number of hydrazine groups is 1. The van der Waals surface area contributed by atoms with E-state index in [0.29, 0.717) is 6.42 Å². The molecule has 2 rings (SSSR count). The highest BCUT2D eigenvalue weighted by atomic mass is 32.2. The number of carbonyl (C=O) groups excluding carboxylic acids is 1. The van der Waals surface area contributed by atoms with Crippen molar-refractivity contribution in [1.82, 2.24) is 15.4 Å². The lowest BCUT2D eigenvalue weighted by atomic mass is 10.2. The average molecular weight is 264 g/mol. The van der Waals surface area contributed by atoms with E-state index in [4.69, 9.17) is 5.84 Å². The van der Waals surface area contributed by atoms with Crippen molar-refractivity contribution < 1.29 is 4.79 Å². The van der Waals surface area contributed by atoms with Gasteiger partial charge in [0.1, 0.15) is 0 Å². The number of fused-ring (bicyclic) bond motifs is 1. The standard InChI is InChI=1S/C12H16N4OS/c1-7-3-4-9-10(5-7)15-12(14-9)18-8(2)6-11(17)16-13/h3-5,8H,6,13H2,1-2H3,(H,14,15)(H,16,17). The molecule has 5 nitrogen and oxygen atoms in total. The summed E-state index contributed by atoms with van der Waals surface area (Å²) in [6, 6.07) is 6.08. The van der Waals surface area contributed by atoms with Crippen molar-refractivity contribution in [2.45, 2.75) is 30.7 Å². The van der Waals surface area contributed by atoms with Gasteiger partial charge in [-0.1, -0.05) is 24.8 Å². The van der Waals surface area contributed by atoms with Gasteiger partial charge in [-0.3, -0.25) is 10.2 Å². The molecule has 0 aliphatic carbocycles. The third-order valence-corrected chi connectivity index (χ3v) is 3.55. The molecule has 0 saturated carbocycles. The van der Waals surface area contributed by atoms with Crippen LogP contribution in [0.3, 0.4) is 0 Å². The smallest absolute Gasteiger partial charge is 0.234 e. The van der Waals surface area contributed by atoms with Gasteiger partial charge in [-0.25, -0.2) is 10.8 Å². The van der Waals surface area contributed by atoms with E-state index >= 15 is 0 Å². The predicted octanol–water partition coefficient (Wildman–Crippen LogP) is 1.73. The third kappa shape index (κ3) is 3.02. The van der Waals surface area contributed by atoms with E-state index in [2.05, 4.69) is 21.5 Å². The van der Waals surface area contributed by atoms with Gasteiger partial charge < -0.3 is 4.98 Å². The zero-order valence-corrected chi connectivity index (χ0v) is 11.2. The van der Waals surface area contributed by atoms with E-state index in [9.17, 15) is 4.79 Å². The Morgan fingerprint density at radius 1 is 1.61 bits per heavy atom. The van der Waals surface area contributed by atoms with E-state index in [1.54, 1.807) is 0 Å². The molecule has 1 amide bonds. The van der Waals surface area contributed by atoms with Crippen molar-refractivity contribution >= 4 is 28.7 Å². The summed E-state index contributed by atoms with van der Waals surface area (Å²) in [6.45, 7) is 4.01. The number of nitrogens with two attached hydrogens (primary N) is 1. The van der Waals surface area contributed by atoms with Gasteiger partial charge in [0.05, 0.1) is 11.0 Å². The summed E-state index contributed by atoms with van der Waals surface area (Å²) < 4.78 is 0. The van der Waals surface area contributed by atoms with Crippen LogP contribution >= 0.6 is 11.8 Å². The quantitative estimate of drug-likeness (QED) is 0.340. The fourth-order valence-corrected chi connectivity index (χ4v) is 2.64. The molecule has 18 heavy (non-hydrogen) atoms. The maximum Gasteiger partial charge on any atom is 0.234 e. The van der Waals surface area contributed by atoms with Gasteiger partial charge in [-0.05, 0) is 24.6 Å². The lowest BCUT2D eigenvalue weighted by molar-refractivity contribution is -0.121. The molecule has 0 radical (unpaired) electrons. The second kappa shape index (κ2) is 5.41. The van der Waals surface area contributed by atoms with Crippen LogP contribution in [-0.4, -0.2) is 21.1 Å². The highest BCUT2D eigenvalue weighted by Crippen LogP contribution is 2.25. The van der Waals surface area contributed by atoms with Crippen LogP contribution in [0, 0.1) is 6.92 Å². The molecular formula is C12H16N4OS. The number of benzene rings is 1. The van der Waals surface area contributed by atoms with Crippen LogP contribution in [0.15, 0.2) is 23.4 Å². The zero-order chi connectivity index (χ0) is 13.1. The molecule has 4 N–H and O–H groups in total. The van der Waals surface area contributed by atoms with Crippen molar-refractivity contribution in [3.63, 3.8) is 0 Å². The summed E-state index contributed by atoms with van der Waals surface area (Å²) in [5.41, 5.74) is 5.29. The van der Waals surface area contributed by atoms with Crippen molar-refractivity contribution in [3.8, 4) is 0 Å². The molecule has 0 bridgehead atoms. The Hall–Kier alpha value is -1.53. The summed E-state index contributed by atoms with van der Waals surface area (Å²) in [5.74, 6) is 4.89. The van der Waals surface area contributed by atoms with Gasteiger partial charge in [-0.2, -0.15) is 0 Å². The van der Waals surface area contributed by atoms with E-state index in [-0.39, 0.29) is 11.2 Å². The topological polar surface area (TPSA) is 83.8 Å². The highest BCUT2D eigenvalue weighted by Gasteiger charge is 2.12. The normalized spacial score (nSPS) is 12.6. The molecule has 0 saturated heterocycles. The van der Waals surface area contributed by atoms with Gasteiger partial charge in [0.25, 0.3) is 0 Å². The summed E-state index contributed by atoms with van der Waals surface area (Å²) in [4.78, 5) is 18.9. The maximum atomic E-state index is 11.1. The fraction of sp³-hybridized carbons (Fsp3) is 0.333. The first-order valence-corrected chi connectivity index (χ1v) is 6.59. The lowest BCUT2D eigenvalue weighted by Gasteiger charge is -2.06. The van der Waals surface area contributed by atoms with Crippen LogP contribution in [0.25, 0.3) is 11.0 Å². The number of nitrogens with zero attached hydrogens (tertiary/aromatic N) is 1. The molecule has 0 spiro atoms. The number of imidazole rings is 1. The molecule has 0 aliphatic rings. The van der Waals surface area contributed by atoms with E-state index in [1.165, 1.54) is 17.3 Å². The van der Waals surface area contributed by atoms with Gasteiger partial charge in [0, 0.05) is 11.7 Å². The average Bonchev–Trinajstić information content (AvgIpc) is 2.69. The molecule has 2 aromatic rings. The number of H-pyrrole nitrogens is 1. The van der Waals surface area contributed by atoms with Crippen molar-refractivity contribution in [3.05, 3.63) is 23.8 Å². The van der Waals surface area contributed by atoms with Crippen LogP contribution in [-0.2, 0) is 4.79 Å². The second-order valence-corrected chi connectivity index (χ2v) is 5.69. The maximum absolute atomic E-state index is 11.1. The predicted molar refractivity (Wildman–Crippen MR) is 73.1 cm³/mol. The number of hydrogen-bond donors (Lipinski definition) is 3. The Labute approximate surface area is 110 Å². The van der Waals surface area contributed by atoms with Crippen LogP contribution in [0.1, 0.15) is 18.9 Å².